The molecule has 2 N–H and O–H groups in total. The highest BCUT2D eigenvalue weighted by molar-refractivity contribution is 5.70. The minimum atomic E-state index is -0.282. The first-order valence-corrected chi connectivity index (χ1v) is 6.59. The van der Waals surface area contributed by atoms with Gasteiger partial charge < -0.3 is 10.5 Å². The van der Waals surface area contributed by atoms with Gasteiger partial charge >= 0.3 is 5.97 Å². The van der Waals surface area contributed by atoms with Crippen molar-refractivity contribution in [1.29, 1.82) is 0 Å². The molecule has 0 saturated carbocycles. The van der Waals surface area contributed by atoms with Crippen molar-refractivity contribution < 1.29 is 9.53 Å². The van der Waals surface area contributed by atoms with E-state index in [2.05, 4.69) is 26.0 Å². The van der Waals surface area contributed by atoms with Crippen molar-refractivity contribution in [2.45, 2.75) is 45.6 Å². The molecule has 3 nitrogen and oxygen atoms in total. The highest BCUT2D eigenvalue weighted by Gasteiger charge is 2.12. The van der Waals surface area contributed by atoms with Crippen molar-refractivity contribution in [2.75, 3.05) is 6.61 Å². The third kappa shape index (κ3) is 4.15. The summed E-state index contributed by atoms with van der Waals surface area (Å²) in [6, 6.07) is 7.91. The van der Waals surface area contributed by atoms with Gasteiger partial charge in [-0.2, -0.15) is 0 Å². The molecular formula is C15H23NO2. The molecular weight excluding hydrogens is 226 g/mol. The zero-order chi connectivity index (χ0) is 13.5. The molecule has 1 rings (SSSR count). The van der Waals surface area contributed by atoms with Gasteiger partial charge in [0.05, 0.1) is 13.0 Å². The summed E-state index contributed by atoms with van der Waals surface area (Å²) >= 11 is 0. The Balaban J connectivity index is 2.64. The maximum absolute atomic E-state index is 11.3. The molecule has 0 aliphatic heterocycles. The molecule has 3 heteroatoms. The summed E-state index contributed by atoms with van der Waals surface area (Å²) in [4.78, 5) is 11.3. The number of hydrogen-bond donors (Lipinski definition) is 1. The second-order valence-electron chi connectivity index (χ2n) is 4.59. The van der Waals surface area contributed by atoms with Crippen molar-refractivity contribution >= 4 is 5.97 Å². The molecule has 0 aliphatic rings. The van der Waals surface area contributed by atoms with Gasteiger partial charge in [0.25, 0.3) is 0 Å². The van der Waals surface area contributed by atoms with E-state index in [4.69, 9.17) is 10.5 Å². The van der Waals surface area contributed by atoms with Gasteiger partial charge in [0.1, 0.15) is 0 Å². The Bertz CT molecular complexity index is 373. The zero-order valence-electron chi connectivity index (χ0n) is 11.5. The molecule has 0 saturated heterocycles. The Kier molecular flexibility index (Phi) is 5.86. The highest BCUT2D eigenvalue weighted by Crippen LogP contribution is 2.21. The van der Waals surface area contributed by atoms with Crippen LogP contribution in [0.15, 0.2) is 24.3 Å². The first-order valence-electron chi connectivity index (χ1n) is 6.59. The lowest BCUT2D eigenvalue weighted by atomic mass is 9.95. The average molecular weight is 249 g/mol. The first kappa shape index (κ1) is 14.7. The van der Waals surface area contributed by atoms with Gasteiger partial charge in [-0.15, -0.1) is 0 Å². The van der Waals surface area contributed by atoms with Gasteiger partial charge in [-0.1, -0.05) is 38.1 Å². The van der Waals surface area contributed by atoms with Crippen LogP contribution in [0.5, 0.6) is 0 Å². The highest BCUT2D eigenvalue weighted by atomic mass is 16.5. The van der Waals surface area contributed by atoms with Crippen LogP contribution in [0.4, 0.5) is 0 Å². The van der Waals surface area contributed by atoms with Crippen LogP contribution in [0.25, 0.3) is 0 Å². The molecule has 18 heavy (non-hydrogen) atoms. The second kappa shape index (κ2) is 7.17. The van der Waals surface area contributed by atoms with Crippen molar-refractivity contribution in [1.82, 2.24) is 0 Å². The Morgan fingerprint density at radius 1 is 1.22 bits per heavy atom. The molecule has 2 atom stereocenters. The van der Waals surface area contributed by atoms with Crippen LogP contribution in [0, 0.1) is 0 Å². The smallest absolute Gasteiger partial charge is 0.307 e. The summed E-state index contributed by atoms with van der Waals surface area (Å²) in [5.74, 6) is 0.316. The molecule has 0 amide bonds. The Morgan fingerprint density at radius 2 is 1.78 bits per heavy atom. The number of hydrogen-bond acceptors (Lipinski definition) is 3. The Morgan fingerprint density at radius 3 is 2.28 bits per heavy atom. The fourth-order valence-electron chi connectivity index (χ4n) is 1.82. The maximum Gasteiger partial charge on any atom is 0.307 e. The normalized spacial score (nSPS) is 14.0. The fraction of sp³-hybridized carbons (Fsp3) is 0.533. The SMILES string of the molecule is CCOC(=O)CC(N)c1ccc(C(C)CC)cc1. The van der Waals surface area contributed by atoms with Crippen molar-refractivity contribution in [3.8, 4) is 0 Å². The van der Waals surface area contributed by atoms with Gasteiger partial charge in [0.15, 0.2) is 0 Å². The summed E-state index contributed by atoms with van der Waals surface area (Å²) in [5, 5.41) is 0. The molecule has 0 spiro atoms. The second-order valence-corrected chi connectivity index (χ2v) is 4.59. The molecule has 1 aromatic carbocycles. The van der Waals surface area contributed by atoms with Crippen LogP contribution in [0.1, 0.15) is 56.7 Å². The number of rotatable bonds is 6. The van der Waals surface area contributed by atoms with Crippen LogP contribution in [0.2, 0.25) is 0 Å². The molecule has 100 valence electrons. The average Bonchev–Trinajstić information content (AvgIpc) is 2.38. The minimum Gasteiger partial charge on any atom is -0.466 e. The predicted molar refractivity (Wildman–Crippen MR) is 73.3 cm³/mol. The van der Waals surface area contributed by atoms with E-state index >= 15 is 0 Å². The van der Waals surface area contributed by atoms with E-state index in [-0.39, 0.29) is 18.4 Å². The van der Waals surface area contributed by atoms with Gasteiger partial charge in [-0.3, -0.25) is 4.79 Å². The topological polar surface area (TPSA) is 52.3 Å². The third-order valence-corrected chi connectivity index (χ3v) is 3.24. The summed E-state index contributed by atoms with van der Waals surface area (Å²) in [6.45, 7) is 6.57. The summed E-state index contributed by atoms with van der Waals surface area (Å²) in [6.07, 6.45) is 1.35. The number of carbonyl (C=O) groups is 1. The molecule has 0 radical (unpaired) electrons. The van der Waals surface area contributed by atoms with Gasteiger partial charge in [-0.25, -0.2) is 0 Å². The molecule has 0 heterocycles. The van der Waals surface area contributed by atoms with Crippen LogP contribution < -0.4 is 5.73 Å². The molecule has 0 bridgehead atoms. The lowest BCUT2D eigenvalue weighted by Gasteiger charge is -2.14. The van der Waals surface area contributed by atoms with Gasteiger partial charge in [-0.05, 0) is 30.4 Å². The van der Waals surface area contributed by atoms with E-state index in [1.807, 2.05) is 12.1 Å². The van der Waals surface area contributed by atoms with E-state index in [0.29, 0.717) is 12.5 Å². The zero-order valence-corrected chi connectivity index (χ0v) is 11.5. The number of carbonyl (C=O) groups excluding carboxylic acids is 1. The number of nitrogens with two attached hydrogens (primary N) is 1. The molecule has 0 fully saturated rings. The third-order valence-electron chi connectivity index (χ3n) is 3.24. The van der Waals surface area contributed by atoms with E-state index in [1.165, 1.54) is 5.56 Å². The monoisotopic (exact) mass is 249 g/mol. The summed E-state index contributed by atoms with van der Waals surface area (Å²) < 4.78 is 4.89. The van der Waals surface area contributed by atoms with Crippen LogP contribution in [-0.2, 0) is 9.53 Å². The van der Waals surface area contributed by atoms with Crippen molar-refractivity contribution in [3.05, 3.63) is 35.4 Å². The maximum atomic E-state index is 11.3. The lowest BCUT2D eigenvalue weighted by Crippen LogP contribution is -2.17. The van der Waals surface area contributed by atoms with E-state index in [9.17, 15) is 4.79 Å². The quantitative estimate of drug-likeness (QED) is 0.788. The largest absolute Gasteiger partial charge is 0.466 e. The summed E-state index contributed by atoms with van der Waals surface area (Å²) in [7, 11) is 0. The van der Waals surface area contributed by atoms with Gasteiger partial charge in [0.2, 0.25) is 0 Å². The molecule has 0 aromatic heterocycles. The number of esters is 1. The fourth-order valence-corrected chi connectivity index (χ4v) is 1.82. The van der Waals surface area contributed by atoms with Crippen LogP contribution in [-0.4, -0.2) is 12.6 Å². The number of benzene rings is 1. The Labute approximate surface area is 109 Å². The summed E-state index contributed by atoms with van der Waals surface area (Å²) in [5.41, 5.74) is 8.28. The van der Waals surface area contributed by atoms with E-state index in [0.717, 1.165) is 12.0 Å². The first-order chi connectivity index (χ1) is 8.58. The Hall–Kier alpha value is -1.35. The molecule has 0 aliphatic carbocycles. The van der Waals surface area contributed by atoms with Crippen molar-refractivity contribution in [3.63, 3.8) is 0 Å². The predicted octanol–water partition coefficient (Wildman–Crippen LogP) is 3.15. The van der Waals surface area contributed by atoms with E-state index < -0.39 is 0 Å². The lowest BCUT2D eigenvalue weighted by molar-refractivity contribution is -0.143. The van der Waals surface area contributed by atoms with Crippen LogP contribution in [0.3, 0.4) is 0 Å². The number of ether oxygens (including phenoxy) is 1. The molecule has 2 unspecified atom stereocenters. The van der Waals surface area contributed by atoms with Gasteiger partial charge in [0, 0.05) is 6.04 Å². The standard InChI is InChI=1S/C15H23NO2/c1-4-11(3)12-6-8-13(9-7-12)14(16)10-15(17)18-5-2/h6-9,11,14H,4-5,10,16H2,1-3H3. The van der Waals surface area contributed by atoms with E-state index in [1.54, 1.807) is 6.92 Å². The van der Waals surface area contributed by atoms with Crippen molar-refractivity contribution in [2.24, 2.45) is 5.73 Å². The van der Waals surface area contributed by atoms with Crippen LogP contribution >= 0.6 is 0 Å². The molecule has 1 aromatic rings. The minimum absolute atomic E-state index is 0.233.